The SMILES string of the molecule is CC(O)(CNC(=O)C1CCC(=O)NC1)C(=O)O. The molecule has 7 heteroatoms. The molecule has 1 aliphatic heterocycles. The molecule has 2 unspecified atom stereocenters. The molecule has 96 valence electrons. The summed E-state index contributed by atoms with van der Waals surface area (Å²) >= 11 is 0. The molecule has 4 N–H and O–H groups in total. The summed E-state index contributed by atoms with van der Waals surface area (Å²) in [5, 5.41) is 23.0. The van der Waals surface area contributed by atoms with E-state index in [0.717, 1.165) is 6.92 Å². The molecule has 1 fully saturated rings. The Hall–Kier alpha value is -1.63. The first-order valence-corrected chi connectivity index (χ1v) is 5.33. The topological polar surface area (TPSA) is 116 Å². The number of carboxylic acids is 1. The number of carboxylic acid groups (broad SMARTS) is 1. The van der Waals surface area contributed by atoms with Crippen molar-refractivity contribution in [3.8, 4) is 0 Å². The summed E-state index contributed by atoms with van der Waals surface area (Å²) in [4.78, 5) is 33.1. The Labute approximate surface area is 98.2 Å². The second-order valence-electron chi connectivity index (χ2n) is 4.34. The normalized spacial score (nSPS) is 23.4. The lowest BCUT2D eigenvalue weighted by Crippen LogP contribution is -2.50. The van der Waals surface area contributed by atoms with Crippen LogP contribution in [0.1, 0.15) is 19.8 Å². The summed E-state index contributed by atoms with van der Waals surface area (Å²) in [6.07, 6.45) is 0.723. The lowest BCUT2D eigenvalue weighted by molar-refractivity contribution is -0.156. The first kappa shape index (κ1) is 13.4. The lowest BCUT2D eigenvalue weighted by atomic mass is 9.98. The van der Waals surface area contributed by atoms with Gasteiger partial charge < -0.3 is 20.8 Å². The Morgan fingerprint density at radius 1 is 1.59 bits per heavy atom. The standard InChI is InChI=1S/C10H16N2O5/c1-10(17,9(15)16)5-12-8(14)6-2-3-7(13)11-4-6/h6,17H,2-5H2,1H3,(H,11,13)(H,12,14)(H,15,16). The number of carbonyl (C=O) groups excluding carboxylic acids is 2. The zero-order valence-electron chi connectivity index (χ0n) is 9.52. The average molecular weight is 244 g/mol. The lowest BCUT2D eigenvalue weighted by Gasteiger charge is -2.24. The number of rotatable bonds is 4. The van der Waals surface area contributed by atoms with Gasteiger partial charge in [0.2, 0.25) is 11.8 Å². The first-order chi connectivity index (χ1) is 7.83. The smallest absolute Gasteiger partial charge is 0.337 e. The van der Waals surface area contributed by atoms with Gasteiger partial charge in [-0.1, -0.05) is 0 Å². The molecule has 0 saturated carbocycles. The van der Waals surface area contributed by atoms with E-state index in [0.29, 0.717) is 6.42 Å². The van der Waals surface area contributed by atoms with Gasteiger partial charge in [-0.2, -0.15) is 0 Å². The van der Waals surface area contributed by atoms with Crippen LogP contribution in [0, 0.1) is 5.92 Å². The van der Waals surface area contributed by atoms with E-state index in [2.05, 4.69) is 10.6 Å². The minimum atomic E-state index is -1.98. The number of hydrogen-bond acceptors (Lipinski definition) is 4. The number of piperidine rings is 1. The summed E-state index contributed by atoms with van der Waals surface area (Å²) < 4.78 is 0. The van der Waals surface area contributed by atoms with E-state index in [-0.39, 0.29) is 37.2 Å². The first-order valence-electron chi connectivity index (χ1n) is 5.33. The molecular weight excluding hydrogens is 228 g/mol. The molecule has 0 aromatic rings. The highest BCUT2D eigenvalue weighted by atomic mass is 16.4. The molecule has 0 bridgehead atoms. The molecule has 0 aliphatic carbocycles. The van der Waals surface area contributed by atoms with Gasteiger partial charge in [0.25, 0.3) is 0 Å². The molecule has 1 saturated heterocycles. The number of aliphatic carboxylic acids is 1. The highest BCUT2D eigenvalue weighted by Gasteiger charge is 2.32. The predicted octanol–water partition coefficient (Wildman–Crippen LogP) is -1.54. The van der Waals surface area contributed by atoms with Crippen LogP contribution in [0.15, 0.2) is 0 Å². The zero-order valence-corrected chi connectivity index (χ0v) is 9.52. The number of hydrogen-bond donors (Lipinski definition) is 4. The van der Waals surface area contributed by atoms with Gasteiger partial charge in [0, 0.05) is 13.0 Å². The fourth-order valence-corrected chi connectivity index (χ4v) is 1.44. The van der Waals surface area contributed by atoms with E-state index in [1.54, 1.807) is 0 Å². The van der Waals surface area contributed by atoms with E-state index in [4.69, 9.17) is 5.11 Å². The maximum atomic E-state index is 11.6. The fraction of sp³-hybridized carbons (Fsp3) is 0.700. The third-order valence-electron chi connectivity index (χ3n) is 2.70. The third kappa shape index (κ3) is 3.70. The van der Waals surface area contributed by atoms with Crippen molar-refractivity contribution >= 4 is 17.8 Å². The molecule has 2 amide bonds. The maximum Gasteiger partial charge on any atom is 0.337 e. The van der Waals surface area contributed by atoms with Gasteiger partial charge in [0.15, 0.2) is 5.60 Å². The fourth-order valence-electron chi connectivity index (χ4n) is 1.44. The Morgan fingerprint density at radius 3 is 2.71 bits per heavy atom. The third-order valence-corrected chi connectivity index (χ3v) is 2.70. The van der Waals surface area contributed by atoms with Crippen LogP contribution in [0.25, 0.3) is 0 Å². The highest BCUT2D eigenvalue weighted by molar-refractivity contribution is 5.84. The molecule has 0 aromatic heterocycles. The summed E-state index contributed by atoms with van der Waals surface area (Å²) in [6.45, 7) is 1.00. The Kier molecular flexibility index (Phi) is 4.06. The second kappa shape index (κ2) is 5.13. The van der Waals surface area contributed by atoms with Gasteiger partial charge in [0.1, 0.15) is 0 Å². The van der Waals surface area contributed by atoms with E-state index in [1.807, 2.05) is 0 Å². The van der Waals surface area contributed by atoms with Crippen LogP contribution >= 0.6 is 0 Å². The zero-order chi connectivity index (χ0) is 13.1. The quantitative estimate of drug-likeness (QED) is 0.478. The molecule has 1 heterocycles. The molecule has 17 heavy (non-hydrogen) atoms. The highest BCUT2D eigenvalue weighted by Crippen LogP contribution is 2.11. The molecule has 7 nitrogen and oxygen atoms in total. The van der Waals surface area contributed by atoms with Crippen molar-refractivity contribution in [3.05, 3.63) is 0 Å². The molecule has 0 aromatic carbocycles. The van der Waals surface area contributed by atoms with Gasteiger partial charge in [-0.3, -0.25) is 9.59 Å². The van der Waals surface area contributed by atoms with E-state index < -0.39 is 11.6 Å². The number of amides is 2. The second-order valence-corrected chi connectivity index (χ2v) is 4.34. The molecule has 1 rings (SSSR count). The summed E-state index contributed by atoms with van der Waals surface area (Å²) in [5.41, 5.74) is -1.98. The van der Waals surface area contributed by atoms with E-state index in [9.17, 15) is 19.5 Å². The molecule has 0 spiro atoms. The van der Waals surface area contributed by atoms with Gasteiger partial charge in [0.05, 0.1) is 12.5 Å². The Morgan fingerprint density at radius 2 is 2.24 bits per heavy atom. The monoisotopic (exact) mass is 244 g/mol. The van der Waals surface area contributed by atoms with Crippen LogP contribution in [0.4, 0.5) is 0 Å². The largest absolute Gasteiger partial charge is 0.479 e. The summed E-state index contributed by atoms with van der Waals surface area (Å²) in [5.74, 6) is -2.20. The van der Waals surface area contributed by atoms with Crippen LogP contribution in [-0.2, 0) is 14.4 Å². The van der Waals surface area contributed by atoms with E-state index in [1.165, 1.54) is 0 Å². The van der Waals surface area contributed by atoms with Crippen LogP contribution < -0.4 is 10.6 Å². The minimum Gasteiger partial charge on any atom is -0.479 e. The Bertz CT molecular complexity index is 330. The van der Waals surface area contributed by atoms with Gasteiger partial charge in [-0.25, -0.2) is 4.79 Å². The molecule has 2 atom stereocenters. The van der Waals surface area contributed by atoms with Crippen molar-refractivity contribution in [2.24, 2.45) is 5.92 Å². The maximum absolute atomic E-state index is 11.6. The van der Waals surface area contributed by atoms with Crippen molar-refractivity contribution in [3.63, 3.8) is 0 Å². The van der Waals surface area contributed by atoms with Crippen LogP contribution in [0.2, 0.25) is 0 Å². The summed E-state index contributed by atoms with van der Waals surface area (Å²) in [7, 11) is 0. The average Bonchev–Trinajstić information content (AvgIpc) is 2.27. The van der Waals surface area contributed by atoms with E-state index >= 15 is 0 Å². The van der Waals surface area contributed by atoms with Crippen molar-refractivity contribution in [2.75, 3.05) is 13.1 Å². The van der Waals surface area contributed by atoms with Gasteiger partial charge >= 0.3 is 5.97 Å². The molecule has 0 radical (unpaired) electrons. The number of carbonyl (C=O) groups is 3. The van der Waals surface area contributed by atoms with Crippen LogP contribution in [0.5, 0.6) is 0 Å². The minimum absolute atomic E-state index is 0.0911. The van der Waals surface area contributed by atoms with Crippen molar-refractivity contribution in [2.45, 2.75) is 25.4 Å². The molecule has 1 aliphatic rings. The van der Waals surface area contributed by atoms with Crippen molar-refractivity contribution in [1.29, 1.82) is 0 Å². The Balaban J connectivity index is 2.40. The van der Waals surface area contributed by atoms with Crippen LogP contribution in [-0.4, -0.2) is 46.7 Å². The van der Waals surface area contributed by atoms with Crippen molar-refractivity contribution < 1.29 is 24.6 Å². The summed E-state index contributed by atoms with van der Waals surface area (Å²) in [6, 6.07) is 0. The predicted molar refractivity (Wildman–Crippen MR) is 57.0 cm³/mol. The number of nitrogens with one attached hydrogen (secondary N) is 2. The van der Waals surface area contributed by atoms with Gasteiger partial charge in [-0.05, 0) is 13.3 Å². The molecular formula is C10H16N2O5. The van der Waals surface area contributed by atoms with Crippen molar-refractivity contribution in [1.82, 2.24) is 10.6 Å². The van der Waals surface area contributed by atoms with Crippen LogP contribution in [0.3, 0.4) is 0 Å². The number of aliphatic hydroxyl groups is 1. The van der Waals surface area contributed by atoms with Gasteiger partial charge in [-0.15, -0.1) is 0 Å².